The largest absolute Gasteiger partial charge is 0.465 e. The highest BCUT2D eigenvalue weighted by molar-refractivity contribution is 5.65. The molecule has 1 fully saturated rings. The summed E-state index contributed by atoms with van der Waals surface area (Å²) in [6.45, 7) is 7.72. The number of amides is 1. The molecule has 1 amide bonds. The molecule has 1 atom stereocenters. The van der Waals surface area contributed by atoms with Crippen LogP contribution in [0.15, 0.2) is 0 Å². The summed E-state index contributed by atoms with van der Waals surface area (Å²) < 4.78 is 0. The standard InChI is InChI=1S/C10H20N2O2/c1-10(2,3)11-7-8-5-4-6-12(8)9(13)14/h8,11H,4-7H2,1-3H3,(H,13,14). The van der Waals surface area contributed by atoms with Crippen LogP contribution in [-0.2, 0) is 0 Å². The van der Waals surface area contributed by atoms with Gasteiger partial charge in [-0.1, -0.05) is 0 Å². The van der Waals surface area contributed by atoms with Crippen LogP contribution in [0.25, 0.3) is 0 Å². The lowest BCUT2D eigenvalue weighted by atomic mass is 10.1. The number of hydrogen-bond acceptors (Lipinski definition) is 2. The van der Waals surface area contributed by atoms with Crippen LogP contribution in [0.3, 0.4) is 0 Å². The lowest BCUT2D eigenvalue weighted by molar-refractivity contribution is 0.137. The van der Waals surface area contributed by atoms with Crippen LogP contribution in [0.5, 0.6) is 0 Å². The second-order valence-electron chi connectivity index (χ2n) is 4.90. The monoisotopic (exact) mass is 200 g/mol. The maximum absolute atomic E-state index is 10.8. The molecule has 0 aromatic rings. The fourth-order valence-corrected chi connectivity index (χ4v) is 1.72. The summed E-state index contributed by atoms with van der Waals surface area (Å²) in [6.07, 6.45) is 1.18. The average molecular weight is 200 g/mol. The van der Waals surface area contributed by atoms with E-state index in [0.29, 0.717) is 6.54 Å². The molecule has 4 nitrogen and oxygen atoms in total. The molecule has 1 unspecified atom stereocenters. The van der Waals surface area contributed by atoms with Crippen molar-refractivity contribution in [3.63, 3.8) is 0 Å². The summed E-state index contributed by atoms with van der Waals surface area (Å²) in [6, 6.07) is 0.159. The summed E-state index contributed by atoms with van der Waals surface area (Å²) in [5.41, 5.74) is 0.0623. The second-order valence-corrected chi connectivity index (χ2v) is 4.90. The normalized spacial score (nSPS) is 22.8. The molecule has 1 saturated heterocycles. The molecule has 1 aliphatic rings. The minimum absolute atomic E-state index is 0.0623. The van der Waals surface area contributed by atoms with Gasteiger partial charge in [0.05, 0.1) is 0 Å². The predicted molar refractivity (Wildman–Crippen MR) is 55.5 cm³/mol. The van der Waals surface area contributed by atoms with E-state index in [0.717, 1.165) is 19.4 Å². The van der Waals surface area contributed by atoms with Crippen molar-refractivity contribution in [3.05, 3.63) is 0 Å². The molecule has 1 heterocycles. The summed E-state index contributed by atoms with van der Waals surface area (Å²) >= 11 is 0. The van der Waals surface area contributed by atoms with E-state index in [1.54, 1.807) is 4.90 Å². The molecule has 82 valence electrons. The highest BCUT2D eigenvalue weighted by atomic mass is 16.4. The van der Waals surface area contributed by atoms with Gasteiger partial charge in [-0.15, -0.1) is 0 Å². The van der Waals surface area contributed by atoms with E-state index in [1.165, 1.54) is 0 Å². The topological polar surface area (TPSA) is 52.6 Å². The molecule has 0 saturated carbocycles. The van der Waals surface area contributed by atoms with Gasteiger partial charge >= 0.3 is 6.09 Å². The third-order valence-electron chi connectivity index (χ3n) is 2.49. The van der Waals surface area contributed by atoms with Gasteiger partial charge in [0.15, 0.2) is 0 Å². The molecule has 0 aromatic heterocycles. The number of rotatable bonds is 2. The maximum Gasteiger partial charge on any atom is 0.407 e. The summed E-state index contributed by atoms with van der Waals surface area (Å²) in [5.74, 6) is 0. The van der Waals surface area contributed by atoms with Crippen molar-refractivity contribution in [2.24, 2.45) is 0 Å². The number of likely N-dealkylation sites (tertiary alicyclic amines) is 1. The molecule has 0 aliphatic carbocycles. The zero-order chi connectivity index (χ0) is 10.8. The number of nitrogens with one attached hydrogen (secondary N) is 1. The quantitative estimate of drug-likeness (QED) is 0.710. The Morgan fingerprint density at radius 2 is 2.21 bits per heavy atom. The van der Waals surface area contributed by atoms with Gasteiger partial charge in [0, 0.05) is 24.7 Å². The van der Waals surface area contributed by atoms with E-state index in [2.05, 4.69) is 26.1 Å². The van der Waals surface area contributed by atoms with Gasteiger partial charge in [0.1, 0.15) is 0 Å². The molecule has 0 aromatic carbocycles. The van der Waals surface area contributed by atoms with Gasteiger partial charge in [0.2, 0.25) is 0 Å². The smallest absolute Gasteiger partial charge is 0.407 e. The third kappa shape index (κ3) is 3.18. The molecular formula is C10H20N2O2. The first kappa shape index (κ1) is 11.3. The average Bonchev–Trinajstić information content (AvgIpc) is 2.46. The zero-order valence-corrected chi connectivity index (χ0v) is 9.21. The van der Waals surface area contributed by atoms with Crippen LogP contribution in [0.1, 0.15) is 33.6 Å². The lowest BCUT2D eigenvalue weighted by Gasteiger charge is -2.27. The lowest BCUT2D eigenvalue weighted by Crippen LogP contribution is -2.46. The number of nitrogens with zero attached hydrogens (tertiary/aromatic N) is 1. The van der Waals surface area contributed by atoms with Gasteiger partial charge in [0.25, 0.3) is 0 Å². The Balaban J connectivity index is 2.40. The van der Waals surface area contributed by atoms with Crippen molar-refractivity contribution < 1.29 is 9.90 Å². The fourth-order valence-electron chi connectivity index (χ4n) is 1.72. The van der Waals surface area contributed by atoms with Crippen LogP contribution >= 0.6 is 0 Å². The molecular weight excluding hydrogens is 180 g/mol. The first-order valence-corrected chi connectivity index (χ1v) is 5.15. The van der Waals surface area contributed by atoms with Gasteiger partial charge in [-0.2, -0.15) is 0 Å². The minimum Gasteiger partial charge on any atom is -0.465 e. The van der Waals surface area contributed by atoms with Crippen LogP contribution in [-0.4, -0.2) is 40.8 Å². The Morgan fingerprint density at radius 1 is 1.57 bits per heavy atom. The van der Waals surface area contributed by atoms with Crippen molar-refractivity contribution in [3.8, 4) is 0 Å². The van der Waals surface area contributed by atoms with Crippen molar-refractivity contribution in [1.82, 2.24) is 10.2 Å². The van der Waals surface area contributed by atoms with E-state index >= 15 is 0 Å². The Kier molecular flexibility index (Phi) is 3.37. The molecule has 14 heavy (non-hydrogen) atoms. The Morgan fingerprint density at radius 3 is 2.71 bits per heavy atom. The Bertz CT molecular complexity index is 211. The van der Waals surface area contributed by atoms with Crippen molar-refractivity contribution in [2.45, 2.75) is 45.2 Å². The van der Waals surface area contributed by atoms with Gasteiger partial charge in [-0.25, -0.2) is 4.79 Å². The van der Waals surface area contributed by atoms with Crippen molar-refractivity contribution >= 4 is 6.09 Å². The highest BCUT2D eigenvalue weighted by Crippen LogP contribution is 2.17. The molecule has 2 N–H and O–H groups in total. The minimum atomic E-state index is -0.789. The van der Waals surface area contributed by atoms with Crippen molar-refractivity contribution in [1.29, 1.82) is 0 Å². The SMILES string of the molecule is CC(C)(C)NCC1CCCN1C(=O)O. The molecule has 1 rings (SSSR count). The zero-order valence-electron chi connectivity index (χ0n) is 9.21. The Labute approximate surface area is 85.3 Å². The first-order chi connectivity index (χ1) is 6.40. The van der Waals surface area contributed by atoms with Crippen LogP contribution in [0.4, 0.5) is 4.79 Å². The van der Waals surface area contributed by atoms with Crippen LogP contribution in [0, 0.1) is 0 Å². The second kappa shape index (κ2) is 4.17. The number of carboxylic acid groups (broad SMARTS) is 1. The molecule has 1 aliphatic heterocycles. The molecule has 0 bridgehead atoms. The van der Waals surface area contributed by atoms with Crippen LogP contribution < -0.4 is 5.32 Å². The van der Waals surface area contributed by atoms with E-state index in [4.69, 9.17) is 5.11 Å². The first-order valence-electron chi connectivity index (χ1n) is 5.15. The van der Waals surface area contributed by atoms with E-state index in [-0.39, 0.29) is 11.6 Å². The van der Waals surface area contributed by atoms with Gasteiger partial charge in [-0.05, 0) is 33.6 Å². The number of carbonyl (C=O) groups is 1. The summed E-state index contributed by atoms with van der Waals surface area (Å²) in [7, 11) is 0. The third-order valence-corrected chi connectivity index (χ3v) is 2.49. The van der Waals surface area contributed by atoms with Gasteiger partial charge in [-0.3, -0.25) is 0 Å². The van der Waals surface area contributed by atoms with E-state index < -0.39 is 6.09 Å². The number of hydrogen-bond donors (Lipinski definition) is 2. The molecule has 0 spiro atoms. The van der Waals surface area contributed by atoms with Crippen molar-refractivity contribution in [2.75, 3.05) is 13.1 Å². The predicted octanol–water partition coefficient (Wildman–Crippen LogP) is 1.52. The fraction of sp³-hybridized carbons (Fsp3) is 0.900. The van der Waals surface area contributed by atoms with Crippen LogP contribution in [0.2, 0.25) is 0 Å². The summed E-state index contributed by atoms with van der Waals surface area (Å²) in [5, 5.41) is 12.3. The maximum atomic E-state index is 10.8. The molecule has 4 heteroatoms. The Hall–Kier alpha value is -0.770. The summed E-state index contributed by atoms with van der Waals surface area (Å²) in [4.78, 5) is 12.4. The molecule has 0 radical (unpaired) electrons. The highest BCUT2D eigenvalue weighted by Gasteiger charge is 2.28. The van der Waals surface area contributed by atoms with Gasteiger partial charge < -0.3 is 15.3 Å². The van der Waals surface area contributed by atoms with E-state index in [9.17, 15) is 4.79 Å². The van der Waals surface area contributed by atoms with E-state index in [1.807, 2.05) is 0 Å².